The van der Waals surface area contributed by atoms with E-state index in [9.17, 15) is 0 Å². The average molecular weight is 195 g/mol. The van der Waals surface area contributed by atoms with Crippen LogP contribution in [-0.4, -0.2) is 34.6 Å². The molecule has 0 amide bonds. The lowest BCUT2D eigenvalue weighted by atomic mass is 10.4. The molecular weight excluding hydrogens is 182 g/mol. The highest BCUT2D eigenvalue weighted by molar-refractivity contribution is 7.99. The summed E-state index contributed by atoms with van der Waals surface area (Å²) in [5.41, 5.74) is 0. The van der Waals surface area contributed by atoms with Gasteiger partial charge in [-0.05, 0) is 13.0 Å². The molecule has 0 spiro atoms. The van der Waals surface area contributed by atoms with E-state index in [0.29, 0.717) is 0 Å². The molecule has 0 radical (unpaired) electrons. The standard InChI is InChI=1S/C9H13N3S/c1-8-10-3-2-9(11-8)12-4-6-13-7-5-12/h2-3H,4-7H2,1H3. The van der Waals surface area contributed by atoms with Crippen LogP contribution in [-0.2, 0) is 0 Å². The minimum atomic E-state index is 0.857. The molecular formula is C9H13N3S. The molecule has 3 nitrogen and oxygen atoms in total. The smallest absolute Gasteiger partial charge is 0.132 e. The first kappa shape index (κ1) is 8.81. The lowest BCUT2D eigenvalue weighted by Gasteiger charge is -2.27. The first-order chi connectivity index (χ1) is 6.36. The fourth-order valence-electron chi connectivity index (χ4n) is 1.41. The number of hydrogen-bond donors (Lipinski definition) is 0. The van der Waals surface area contributed by atoms with E-state index in [2.05, 4.69) is 14.9 Å². The summed E-state index contributed by atoms with van der Waals surface area (Å²) in [6.07, 6.45) is 1.83. The van der Waals surface area contributed by atoms with Gasteiger partial charge in [-0.1, -0.05) is 0 Å². The van der Waals surface area contributed by atoms with E-state index in [4.69, 9.17) is 0 Å². The number of aryl methyl sites for hydroxylation is 1. The Kier molecular flexibility index (Phi) is 2.68. The van der Waals surface area contributed by atoms with Crippen LogP contribution in [0.4, 0.5) is 5.82 Å². The van der Waals surface area contributed by atoms with Crippen molar-refractivity contribution < 1.29 is 0 Å². The van der Waals surface area contributed by atoms with Crippen LogP contribution in [0.2, 0.25) is 0 Å². The van der Waals surface area contributed by atoms with Crippen molar-refractivity contribution in [2.75, 3.05) is 29.5 Å². The molecule has 1 aromatic heterocycles. The Balaban J connectivity index is 2.14. The van der Waals surface area contributed by atoms with Crippen LogP contribution in [0, 0.1) is 6.92 Å². The Hall–Kier alpha value is -0.770. The largest absolute Gasteiger partial charge is 0.355 e. The van der Waals surface area contributed by atoms with Crippen LogP contribution in [0.1, 0.15) is 5.82 Å². The van der Waals surface area contributed by atoms with Gasteiger partial charge in [0.25, 0.3) is 0 Å². The summed E-state index contributed by atoms with van der Waals surface area (Å²) < 4.78 is 0. The van der Waals surface area contributed by atoms with Gasteiger partial charge in [0.05, 0.1) is 0 Å². The second-order valence-corrected chi connectivity index (χ2v) is 4.29. The molecule has 0 aliphatic carbocycles. The van der Waals surface area contributed by atoms with Gasteiger partial charge >= 0.3 is 0 Å². The molecule has 0 N–H and O–H groups in total. The second kappa shape index (κ2) is 3.96. The minimum absolute atomic E-state index is 0.857. The SMILES string of the molecule is Cc1nccc(N2CCSCC2)n1. The van der Waals surface area contributed by atoms with E-state index < -0.39 is 0 Å². The van der Waals surface area contributed by atoms with Crippen molar-refractivity contribution in [1.82, 2.24) is 9.97 Å². The van der Waals surface area contributed by atoms with Gasteiger partial charge in [0.1, 0.15) is 11.6 Å². The Labute approximate surface area is 82.6 Å². The zero-order chi connectivity index (χ0) is 9.10. The van der Waals surface area contributed by atoms with Crippen LogP contribution in [0.25, 0.3) is 0 Å². The van der Waals surface area contributed by atoms with E-state index in [1.165, 1.54) is 11.5 Å². The van der Waals surface area contributed by atoms with Gasteiger partial charge in [0, 0.05) is 30.8 Å². The molecule has 1 fully saturated rings. The van der Waals surface area contributed by atoms with Gasteiger partial charge in [-0.3, -0.25) is 0 Å². The molecule has 0 aromatic carbocycles. The van der Waals surface area contributed by atoms with Crippen molar-refractivity contribution in [3.05, 3.63) is 18.1 Å². The highest BCUT2D eigenvalue weighted by Crippen LogP contribution is 2.16. The van der Waals surface area contributed by atoms with Gasteiger partial charge in [-0.15, -0.1) is 0 Å². The minimum Gasteiger partial charge on any atom is -0.355 e. The van der Waals surface area contributed by atoms with Crippen molar-refractivity contribution in [3.63, 3.8) is 0 Å². The summed E-state index contributed by atoms with van der Waals surface area (Å²) in [6, 6.07) is 1.99. The van der Waals surface area contributed by atoms with E-state index in [1.807, 2.05) is 30.9 Å². The van der Waals surface area contributed by atoms with Crippen LogP contribution in [0.3, 0.4) is 0 Å². The Bertz CT molecular complexity index is 284. The van der Waals surface area contributed by atoms with E-state index in [1.54, 1.807) is 0 Å². The van der Waals surface area contributed by atoms with E-state index in [-0.39, 0.29) is 0 Å². The molecule has 1 saturated heterocycles. The van der Waals surface area contributed by atoms with Crippen LogP contribution < -0.4 is 4.90 Å². The number of nitrogens with zero attached hydrogens (tertiary/aromatic N) is 3. The molecule has 0 atom stereocenters. The third-order valence-electron chi connectivity index (χ3n) is 2.10. The lowest BCUT2D eigenvalue weighted by Crippen LogP contribution is -2.33. The van der Waals surface area contributed by atoms with Crippen LogP contribution in [0.15, 0.2) is 12.3 Å². The Morgan fingerprint density at radius 2 is 2.15 bits per heavy atom. The predicted octanol–water partition coefficient (Wildman–Crippen LogP) is 1.34. The van der Waals surface area contributed by atoms with Crippen LogP contribution >= 0.6 is 11.8 Å². The summed E-state index contributed by atoms with van der Waals surface area (Å²) in [5.74, 6) is 4.36. The van der Waals surface area contributed by atoms with Crippen molar-refractivity contribution in [1.29, 1.82) is 0 Å². The third kappa shape index (κ3) is 2.12. The summed E-state index contributed by atoms with van der Waals surface area (Å²) in [7, 11) is 0. The highest BCUT2D eigenvalue weighted by atomic mass is 32.2. The molecule has 0 unspecified atom stereocenters. The summed E-state index contributed by atoms with van der Waals surface area (Å²) in [4.78, 5) is 10.8. The van der Waals surface area contributed by atoms with Gasteiger partial charge in [-0.25, -0.2) is 9.97 Å². The summed E-state index contributed by atoms with van der Waals surface area (Å²) in [5, 5.41) is 0. The number of aromatic nitrogens is 2. The molecule has 70 valence electrons. The van der Waals surface area contributed by atoms with Crippen molar-refractivity contribution >= 4 is 17.6 Å². The van der Waals surface area contributed by atoms with Gasteiger partial charge < -0.3 is 4.90 Å². The quantitative estimate of drug-likeness (QED) is 0.676. The Morgan fingerprint density at radius 1 is 1.38 bits per heavy atom. The zero-order valence-electron chi connectivity index (χ0n) is 7.73. The summed E-state index contributed by atoms with van der Waals surface area (Å²) in [6.45, 7) is 4.16. The maximum absolute atomic E-state index is 4.40. The molecule has 2 rings (SSSR count). The Morgan fingerprint density at radius 3 is 2.85 bits per heavy atom. The van der Waals surface area contributed by atoms with Gasteiger partial charge in [-0.2, -0.15) is 11.8 Å². The highest BCUT2D eigenvalue weighted by Gasteiger charge is 2.11. The van der Waals surface area contributed by atoms with Gasteiger partial charge in [0.15, 0.2) is 0 Å². The maximum Gasteiger partial charge on any atom is 0.132 e. The normalized spacial score (nSPS) is 17.5. The fourth-order valence-corrected chi connectivity index (χ4v) is 2.32. The number of hydrogen-bond acceptors (Lipinski definition) is 4. The molecule has 1 aromatic rings. The van der Waals surface area contributed by atoms with Crippen molar-refractivity contribution in [2.45, 2.75) is 6.92 Å². The topological polar surface area (TPSA) is 29.0 Å². The first-order valence-electron chi connectivity index (χ1n) is 4.48. The van der Waals surface area contributed by atoms with E-state index >= 15 is 0 Å². The molecule has 0 bridgehead atoms. The second-order valence-electron chi connectivity index (χ2n) is 3.06. The number of rotatable bonds is 1. The molecule has 2 heterocycles. The van der Waals surface area contributed by atoms with E-state index in [0.717, 1.165) is 24.7 Å². The maximum atomic E-state index is 4.40. The number of anilines is 1. The van der Waals surface area contributed by atoms with Crippen LogP contribution in [0.5, 0.6) is 0 Å². The summed E-state index contributed by atoms with van der Waals surface area (Å²) >= 11 is 2.01. The fraction of sp³-hybridized carbons (Fsp3) is 0.556. The lowest BCUT2D eigenvalue weighted by molar-refractivity contribution is 0.828. The average Bonchev–Trinajstić information content (AvgIpc) is 2.19. The monoisotopic (exact) mass is 195 g/mol. The van der Waals surface area contributed by atoms with Crippen molar-refractivity contribution in [2.24, 2.45) is 0 Å². The molecule has 13 heavy (non-hydrogen) atoms. The number of thioether (sulfide) groups is 1. The van der Waals surface area contributed by atoms with Crippen molar-refractivity contribution in [3.8, 4) is 0 Å². The first-order valence-corrected chi connectivity index (χ1v) is 5.64. The zero-order valence-corrected chi connectivity index (χ0v) is 8.55. The third-order valence-corrected chi connectivity index (χ3v) is 3.04. The van der Waals surface area contributed by atoms with Gasteiger partial charge in [0.2, 0.25) is 0 Å². The molecule has 1 aliphatic heterocycles. The predicted molar refractivity (Wildman–Crippen MR) is 56.3 cm³/mol. The molecule has 1 aliphatic rings. The molecule has 4 heteroatoms. The molecule has 0 saturated carbocycles.